The van der Waals surface area contributed by atoms with Crippen molar-refractivity contribution in [2.24, 2.45) is 9.12 Å². The second kappa shape index (κ2) is 10.1. The standard InChI is InChI=1S/C19H18BrFIN5O2/c20-15-10-13(3-4-16(15)21)24-18(26-22)17(28)12-5-8-27(9-6-12)19(29)25-14-2-1-7-23-11-14/h1-4,7,10-12H,5-6,8-9H2,(H,24,26)(H,25,29). The molecule has 1 aliphatic heterocycles. The lowest BCUT2D eigenvalue weighted by molar-refractivity contribution is -0.117. The number of carbonyl (C=O) groups is 2. The number of ketones is 1. The zero-order valence-electron chi connectivity index (χ0n) is 15.2. The molecule has 10 heteroatoms. The molecule has 1 aromatic carbocycles. The van der Waals surface area contributed by atoms with E-state index < -0.39 is 0 Å². The molecule has 0 spiro atoms. The molecule has 0 unspecified atom stereocenters. The highest BCUT2D eigenvalue weighted by Crippen LogP contribution is 2.23. The SMILES string of the molecule is O=C(/C(=N/I)Nc1ccc(F)c(Br)c1)C1CCN(C(=O)Nc2cccnc2)CC1. The predicted molar refractivity (Wildman–Crippen MR) is 122 cm³/mol. The molecule has 2 aromatic rings. The van der Waals surface area contributed by atoms with Gasteiger partial charge < -0.3 is 15.5 Å². The molecule has 0 saturated carbocycles. The molecule has 1 aromatic heterocycles. The van der Waals surface area contributed by atoms with Crippen LogP contribution in [0.25, 0.3) is 0 Å². The van der Waals surface area contributed by atoms with E-state index in [1.54, 1.807) is 64.4 Å². The van der Waals surface area contributed by atoms with Crippen LogP contribution in [0.15, 0.2) is 50.4 Å². The number of pyridine rings is 1. The van der Waals surface area contributed by atoms with Gasteiger partial charge in [-0.3, -0.25) is 9.78 Å². The van der Waals surface area contributed by atoms with Gasteiger partial charge in [0.1, 0.15) is 5.82 Å². The molecule has 152 valence electrons. The van der Waals surface area contributed by atoms with E-state index in [0.717, 1.165) is 0 Å². The number of hydrogen-bond donors (Lipinski definition) is 2. The molecule has 0 aliphatic carbocycles. The minimum absolute atomic E-state index is 0.118. The largest absolute Gasteiger partial charge is 0.337 e. The van der Waals surface area contributed by atoms with E-state index in [1.807, 2.05) is 0 Å². The van der Waals surface area contributed by atoms with Crippen LogP contribution in [0.1, 0.15) is 12.8 Å². The summed E-state index contributed by atoms with van der Waals surface area (Å²) >= 11 is 4.89. The summed E-state index contributed by atoms with van der Waals surface area (Å²) in [5.41, 5.74) is 1.19. The van der Waals surface area contributed by atoms with Gasteiger partial charge in [-0.25, -0.2) is 9.18 Å². The topological polar surface area (TPSA) is 86.7 Å². The lowest BCUT2D eigenvalue weighted by Crippen LogP contribution is -2.44. The number of halogens is 3. The molecule has 1 fully saturated rings. The molecule has 0 radical (unpaired) electrons. The van der Waals surface area contributed by atoms with E-state index >= 15 is 0 Å². The number of amidine groups is 1. The van der Waals surface area contributed by atoms with Crippen molar-refractivity contribution in [3.63, 3.8) is 0 Å². The fourth-order valence-corrected chi connectivity index (χ4v) is 3.75. The Balaban J connectivity index is 1.55. The number of urea groups is 1. The number of hydrogen-bond acceptors (Lipinski definition) is 4. The Morgan fingerprint density at radius 1 is 1.21 bits per heavy atom. The maximum absolute atomic E-state index is 13.4. The van der Waals surface area contributed by atoms with Crippen molar-refractivity contribution in [3.8, 4) is 0 Å². The third-order valence-electron chi connectivity index (χ3n) is 4.57. The average molecular weight is 574 g/mol. The first-order valence-corrected chi connectivity index (χ1v) is 10.6. The van der Waals surface area contributed by atoms with Crippen molar-refractivity contribution in [1.82, 2.24) is 9.88 Å². The Kier molecular flexibility index (Phi) is 7.53. The Morgan fingerprint density at radius 3 is 2.59 bits per heavy atom. The number of carbonyl (C=O) groups excluding carboxylic acids is 2. The van der Waals surface area contributed by atoms with E-state index in [-0.39, 0.29) is 29.4 Å². The number of amides is 2. The predicted octanol–water partition coefficient (Wildman–Crippen LogP) is 4.66. The highest BCUT2D eigenvalue weighted by molar-refractivity contribution is 14.1. The second-order valence-electron chi connectivity index (χ2n) is 6.48. The number of Topliss-reactive ketones (excluding diaryl/α,β-unsaturated/α-hetero) is 1. The van der Waals surface area contributed by atoms with Crippen LogP contribution in [-0.2, 0) is 4.79 Å². The summed E-state index contributed by atoms with van der Waals surface area (Å²) in [5.74, 6) is -0.524. The van der Waals surface area contributed by atoms with Crippen molar-refractivity contribution >= 4 is 67.8 Å². The quantitative estimate of drug-likeness (QED) is 0.316. The highest BCUT2D eigenvalue weighted by Gasteiger charge is 2.30. The van der Waals surface area contributed by atoms with E-state index in [0.29, 0.717) is 41.8 Å². The van der Waals surface area contributed by atoms with Gasteiger partial charge in [-0.05, 0) is 59.1 Å². The van der Waals surface area contributed by atoms with Crippen LogP contribution in [0.5, 0.6) is 0 Å². The Bertz CT molecular complexity index is 920. The summed E-state index contributed by atoms with van der Waals surface area (Å²) in [7, 11) is 0. The van der Waals surface area contributed by atoms with Gasteiger partial charge in [0.2, 0.25) is 5.78 Å². The molecule has 2 heterocycles. The third-order valence-corrected chi connectivity index (χ3v) is 5.66. The number of likely N-dealkylation sites (tertiary alicyclic amines) is 1. The summed E-state index contributed by atoms with van der Waals surface area (Å²) in [4.78, 5) is 30.9. The number of rotatable bonds is 4. The number of benzene rings is 1. The van der Waals surface area contributed by atoms with Crippen LogP contribution in [0.3, 0.4) is 0 Å². The molecule has 2 N–H and O–H groups in total. The van der Waals surface area contributed by atoms with Crippen LogP contribution < -0.4 is 10.6 Å². The highest BCUT2D eigenvalue weighted by atomic mass is 127. The van der Waals surface area contributed by atoms with Gasteiger partial charge in [-0.15, -0.1) is 0 Å². The van der Waals surface area contributed by atoms with Crippen LogP contribution >= 0.6 is 38.8 Å². The number of piperidine rings is 1. The van der Waals surface area contributed by atoms with Gasteiger partial charge in [0.25, 0.3) is 0 Å². The van der Waals surface area contributed by atoms with Crippen molar-refractivity contribution in [3.05, 3.63) is 53.0 Å². The first-order chi connectivity index (χ1) is 14.0. The molecule has 2 amide bonds. The summed E-state index contributed by atoms with van der Waals surface area (Å²) < 4.78 is 17.7. The van der Waals surface area contributed by atoms with Gasteiger partial charge >= 0.3 is 6.03 Å². The summed E-state index contributed by atoms with van der Waals surface area (Å²) in [6.07, 6.45) is 4.31. The average Bonchev–Trinajstić information content (AvgIpc) is 2.75. The molecule has 0 atom stereocenters. The van der Waals surface area contributed by atoms with Crippen LogP contribution in [-0.4, -0.2) is 40.6 Å². The van der Waals surface area contributed by atoms with Crippen molar-refractivity contribution in [1.29, 1.82) is 0 Å². The Hall–Kier alpha value is -2.08. The molecule has 1 saturated heterocycles. The molecule has 3 rings (SSSR count). The molecular weight excluding hydrogens is 556 g/mol. The third kappa shape index (κ3) is 5.72. The molecule has 1 aliphatic rings. The summed E-state index contributed by atoms with van der Waals surface area (Å²) in [6.45, 7) is 0.943. The maximum atomic E-state index is 13.4. The zero-order valence-corrected chi connectivity index (χ0v) is 19.0. The smallest absolute Gasteiger partial charge is 0.321 e. The van der Waals surface area contributed by atoms with Gasteiger partial charge in [-0.1, -0.05) is 0 Å². The van der Waals surface area contributed by atoms with E-state index in [1.165, 1.54) is 6.07 Å². The number of nitrogens with one attached hydrogen (secondary N) is 2. The fourth-order valence-electron chi connectivity index (χ4n) is 3.01. The van der Waals surface area contributed by atoms with E-state index in [2.05, 4.69) is 34.8 Å². The number of anilines is 2. The Labute approximate surface area is 189 Å². The van der Waals surface area contributed by atoms with Gasteiger partial charge in [0.05, 0.1) is 39.2 Å². The lowest BCUT2D eigenvalue weighted by atomic mass is 9.92. The van der Waals surface area contributed by atoms with Crippen molar-refractivity contribution in [2.75, 3.05) is 23.7 Å². The normalized spacial score (nSPS) is 15.1. The molecule has 0 bridgehead atoms. The molecule has 29 heavy (non-hydrogen) atoms. The Morgan fingerprint density at radius 2 is 1.97 bits per heavy atom. The van der Waals surface area contributed by atoms with Crippen LogP contribution in [0.2, 0.25) is 0 Å². The monoisotopic (exact) mass is 573 g/mol. The fraction of sp³-hybridized carbons (Fsp3) is 0.263. The second-order valence-corrected chi connectivity index (χ2v) is 7.82. The summed E-state index contributed by atoms with van der Waals surface area (Å²) in [5, 5.41) is 5.76. The zero-order chi connectivity index (χ0) is 20.8. The lowest BCUT2D eigenvalue weighted by Gasteiger charge is -2.31. The van der Waals surface area contributed by atoms with Crippen molar-refractivity contribution in [2.45, 2.75) is 12.8 Å². The summed E-state index contributed by atoms with van der Waals surface area (Å²) in [6, 6.07) is 7.71. The van der Waals surface area contributed by atoms with Crippen LogP contribution in [0.4, 0.5) is 20.6 Å². The molecular formula is C19H18BrFIN5O2. The maximum Gasteiger partial charge on any atom is 0.321 e. The molecule has 7 nitrogen and oxygen atoms in total. The number of nitrogens with zero attached hydrogens (tertiary/aromatic N) is 3. The van der Waals surface area contributed by atoms with E-state index in [9.17, 15) is 14.0 Å². The van der Waals surface area contributed by atoms with Gasteiger partial charge in [0, 0.05) is 30.9 Å². The number of aromatic nitrogens is 1. The van der Waals surface area contributed by atoms with Gasteiger partial charge in [-0.2, -0.15) is 3.21 Å². The van der Waals surface area contributed by atoms with Gasteiger partial charge in [0.15, 0.2) is 5.84 Å². The van der Waals surface area contributed by atoms with Crippen LogP contribution in [0, 0.1) is 11.7 Å². The first-order valence-electron chi connectivity index (χ1n) is 8.89. The minimum atomic E-state index is -0.383. The van der Waals surface area contributed by atoms with Crippen molar-refractivity contribution < 1.29 is 14.0 Å². The van der Waals surface area contributed by atoms with E-state index in [4.69, 9.17) is 0 Å². The minimum Gasteiger partial charge on any atom is -0.337 e. The first kappa shape index (κ1) is 21.6.